The first kappa shape index (κ1) is 12.1. The van der Waals surface area contributed by atoms with Crippen molar-refractivity contribution in [3.63, 3.8) is 0 Å². The fourth-order valence-corrected chi connectivity index (χ4v) is 2.13. The van der Waals surface area contributed by atoms with Crippen LogP contribution < -0.4 is 9.16 Å². The molecule has 1 heterocycles. The first-order valence-corrected chi connectivity index (χ1v) is 5.98. The van der Waals surface area contributed by atoms with E-state index in [0.29, 0.717) is 27.8 Å². The number of benzene rings is 2. The van der Waals surface area contributed by atoms with Crippen LogP contribution in [-0.4, -0.2) is 16.5 Å². The normalized spacial score (nSPS) is 10.6. The van der Waals surface area contributed by atoms with Gasteiger partial charge in [0, 0.05) is 23.1 Å². The van der Waals surface area contributed by atoms with Gasteiger partial charge in [-0.15, -0.1) is 6.42 Å². The second-order valence-corrected chi connectivity index (χ2v) is 4.24. The van der Waals surface area contributed by atoms with E-state index in [1.54, 1.807) is 42.5 Å². The molecule has 0 unspecified atom stereocenters. The molecular formula is C15H11N2O3+. The molecule has 0 radical (unpaired) electrons. The summed E-state index contributed by atoms with van der Waals surface area (Å²) in [7, 11) is 0. The van der Waals surface area contributed by atoms with Crippen molar-refractivity contribution < 1.29 is 14.4 Å². The van der Waals surface area contributed by atoms with Crippen molar-refractivity contribution in [3.8, 4) is 18.1 Å². The lowest BCUT2D eigenvalue weighted by molar-refractivity contribution is -0.433. The van der Waals surface area contributed by atoms with Crippen LogP contribution in [0.4, 0.5) is 0 Å². The average molecular weight is 267 g/mol. The quantitative estimate of drug-likeness (QED) is 0.334. The number of aromatic nitrogens is 2. The highest BCUT2D eigenvalue weighted by Gasteiger charge is 2.18. The molecule has 1 N–H and O–H groups in total. The van der Waals surface area contributed by atoms with Crippen molar-refractivity contribution in [2.75, 3.05) is 6.61 Å². The lowest BCUT2D eigenvalue weighted by Crippen LogP contribution is -2.20. The van der Waals surface area contributed by atoms with E-state index in [0.717, 1.165) is 9.16 Å². The van der Waals surface area contributed by atoms with E-state index in [2.05, 4.69) is 5.92 Å². The molecule has 0 aliphatic carbocycles. The zero-order valence-corrected chi connectivity index (χ0v) is 10.5. The highest BCUT2D eigenvalue weighted by atomic mass is 16.5. The van der Waals surface area contributed by atoms with E-state index >= 15 is 0 Å². The number of ether oxygens (including phenoxy) is 1. The zero-order chi connectivity index (χ0) is 14.1. The van der Waals surface area contributed by atoms with Crippen LogP contribution in [0.15, 0.2) is 42.5 Å². The van der Waals surface area contributed by atoms with Gasteiger partial charge in [0.15, 0.2) is 11.0 Å². The molecule has 98 valence electrons. The predicted molar refractivity (Wildman–Crippen MR) is 74.3 cm³/mol. The predicted octanol–water partition coefficient (Wildman–Crippen LogP) is 1.96. The van der Waals surface area contributed by atoms with Gasteiger partial charge in [0.05, 0.1) is 4.43 Å². The van der Waals surface area contributed by atoms with Crippen LogP contribution in [0, 0.1) is 17.3 Å². The smallest absolute Gasteiger partial charge is 0.290 e. The minimum Gasteiger partial charge on any atom is -0.481 e. The van der Waals surface area contributed by atoms with Gasteiger partial charge >= 0.3 is 0 Å². The van der Waals surface area contributed by atoms with Crippen LogP contribution in [-0.2, 0) is 0 Å². The third kappa shape index (κ3) is 1.75. The number of hydrogen-bond acceptors (Lipinski definition) is 3. The maximum Gasteiger partial charge on any atom is 0.290 e. The fourth-order valence-electron chi connectivity index (χ4n) is 2.13. The Bertz CT molecular complexity index is 907. The molecule has 0 bridgehead atoms. The standard InChI is InChI=1S/C15H11N2O3/c1-2-9-20-11-7-8-14-15(10-11)17(19)13-6-4-3-5-12(13)16(14)18/h1,3-8,10,19H,9H2/q+1. The molecule has 0 spiro atoms. The van der Waals surface area contributed by atoms with Crippen molar-refractivity contribution >= 4 is 22.1 Å². The monoisotopic (exact) mass is 267 g/mol. The zero-order valence-electron chi connectivity index (χ0n) is 10.5. The summed E-state index contributed by atoms with van der Waals surface area (Å²) < 4.78 is 7.05. The van der Waals surface area contributed by atoms with Crippen molar-refractivity contribution in [2.45, 2.75) is 0 Å². The van der Waals surface area contributed by atoms with Crippen molar-refractivity contribution in [3.05, 3.63) is 47.4 Å². The summed E-state index contributed by atoms with van der Waals surface area (Å²) in [6.07, 6.45) is 5.13. The molecule has 5 nitrogen and oxygen atoms in total. The molecule has 0 saturated heterocycles. The Morgan fingerprint density at radius 1 is 1.20 bits per heavy atom. The molecule has 0 atom stereocenters. The summed E-state index contributed by atoms with van der Waals surface area (Å²) in [6, 6.07) is 11.6. The molecule has 0 aliphatic heterocycles. The summed E-state index contributed by atoms with van der Waals surface area (Å²) in [5.41, 5.74) is 1.51. The summed E-state index contributed by atoms with van der Waals surface area (Å²) in [6.45, 7) is 0.127. The second kappa shape index (κ2) is 4.59. The molecule has 0 aliphatic rings. The highest BCUT2D eigenvalue weighted by Crippen LogP contribution is 2.21. The number of para-hydroxylation sites is 2. The van der Waals surface area contributed by atoms with Crippen molar-refractivity contribution in [2.24, 2.45) is 0 Å². The Labute approximate surface area is 114 Å². The lowest BCUT2D eigenvalue weighted by Gasteiger charge is -2.05. The molecule has 5 heteroatoms. The van der Waals surface area contributed by atoms with Gasteiger partial charge in [-0.1, -0.05) is 18.1 Å². The SMILES string of the molecule is C#CCOc1ccc2c(c1)n(O)c1ccccc1[n+]2=O. The average Bonchev–Trinajstić information content (AvgIpc) is 2.50. The Morgan fingerprint density at radius 3 is 2.75 bits per heavy atom. The molecule has 0 fully saturated rings. The number of rotatable bonds is 2. The lowest BCUT2D eigenvalue weighted by atomic mass is 10.2. The van der Waals surface area contributed by atoms with Crippen molar-refractivity contribution in [1.82, 2.24) is 4.73 Å². The van der Waals surface area contributed by atoms with E-state index in [4.69, 9.17) is 11.2 Å². The van der Waals surface area contributed by atoms with Gasteiger partial charge in [0.2, 0.25) is 0 Å². The summed E-state index contributed by atoms with van der Waals surface area (Å²) in [5, 5.41) is 10.3. The Morgan fingerprint density at radius 2 is 1.95 bits per heavy atom. The highest BCUT2D eigenvalue weighted by molar-refractivity contribution is 5.82. The Kier molecular flexibility index (Phi) is 2.77. The number of fused-ring (bicyclic) bond motifs is 2. The van der Waals surface area contributed by atoms with Crippen LogP contribution in [0.2, 0.25) is 0 Å². The molecule has 0 amide bonds. The first-order valence-electron chi connectivity index (χ1n) is 5.98. The maximum absolute atomic E-state index is 12.3. The maximum atomic E-state index is 12.3. The molecule has 2 aromatic carbocycles. The van der Waals surface area contributed by atoms with Gasteiger partial charge in [-0.05, 0) is 12.1 Å². The topological polar surface area (TPSA) is 57.4 Å². The summed E-state index contributed by atoms with van der Waals surface area (Å²) in [4.78, 5) is 12.3. The van der Waals surface area contributed by atoms with Crippen molar-refractivity contribution in [1.29, 1.82) is 0 Å². The van der Waals surface area contributed by atoms with Crippen LogP contribution >= 0.6 is 0 Å². The van der Waals surface area contributed by atoms with Crippen LogP contribution in [0.1, 0.15) is 0 Å². The molecule has 3 aromatic rings. The number of nitrogens with zero attached hydrogens (tertiary/aromatic N) is 2. The van der Waals surface area contributed by atoms with Crippen LogP contribution in [0.3, 0.4) is 0 Å². The van der Waals surface area contributed by atoms with Gasteiger partial charge in [-0.25, -0.2) is 0 Å². The van der Waals surface area contributed by atoms with E-state index < -0.39 is 0 Å². The summed E-state index contributed by atoms with van der Waals surface area (Å²) >= 11 is 0. The Hall–Kier alpha value is -3.00. The fraction of sp³-hybridized carbons (Fsp3) is 0.0667. The van der Waals surface area contributed by atoms with E-state index in [1.165, 1.54) is 0 Å². The third-order valence-electron chi connectivity index (χ3n) is 3.04. The summed E-state index contributed by atoms with van der Waals surface area (Å²) in [5.74, 6) is 2.86. The molecular weight excluding hydrogens is 256 g/mol. The van der Waals surface area contributed by atoms with E-state index in [1.807, 2.05) is 0 Å². The number of terminal acetylenes is 1. The second-order valence-electron chi connectivity index (χ2n) is 4.24. The molecule has 1 aromatic heterocycles. The van der Waals surface area contributed by atoms with Gasteiger partial charge < -0.3 is 9.94 Å². The first-order chi connectivity index (χ1) is 9.72. The Balaban J connectivity index is 2.35. The van der Waals surface area contributed by atoms with Crippen LogP contribution in [0.5, 0.6) is 5.75 Å². The molecule has 0 saturated carbocycles. The van der Waals surface area contributed by atoms with E-state index in [9.17, 15) is 10.1 Å². The van der Waals surface area contributed by atoms with Gasteiger partial charge in [-0.3, -0.25) is 0 Å². The largest absolute Gasteiger partial charge is 0.481 e. The van der Waals surface area contributed by atoms with Gasteiger partial charge in [0.1, 0.15) is 12.4 Å². The minimum atomic E-state index is 0.127. The van der Waals surface area contributed by atoms with Gasteiger partial charge in [-0.2, -0.15) is 4.73 Å². The molecule has 20 heavy (non-hydrogen) atoms. The third-order valence-corrected chi connectivity index (χ3v) is 3.04. The molecule has 3 rings (SSSR count). The van der Waals surface area contributed by atoms with Gasteiger partial charge in [0.25, 0.3) is 11.0 Å². The minimum absolute atomic E-state index is 0.127. The van der Waals surface area contributed by atoms with E-state index in [-0.39, 0.29) is 6.61 Å². The number of hydrogen-bond donors (Lipinski definition) is 1. The van der Waals surface area contributed by atoms with Crippen LogP contribution in [0.25, 0.3) is 22.1 Å².